The van der Waals surface area contributed by atoms with Crippen LogP contribution in [0.1, 0.15) is 88.5 Å². The molecule has 0 aliphatic heterocycles. The predicted octanol–water partition coefficient (Wildman–Crippen LogP) is 12.5. The quantitative estimate of drug-likeness (QED) is 0.172. The van der Waals surface area contributed by atoms with Crippen LogP contribution in [0.25, 0.3) is 0 Å². The molecule has 0 N–H and O–H groups in total. The average molecular weight is 535 g/mol. The van der Waals surface area contributed by atoms with Gasteiger partial charge in [0.1, 0.15) is 0 Å². The minimum absolute atomic E-state index is 0.258. The molecule has 0 atom stereocenters. The van der Waals surface area contributed by atoms with Gasteiger partial charge in [-0.3, -0.25) is 0 Å². The van der Waals surface area contributed by atoms with Crippen molar-refractivity contribution in [3.05, 3.63) is 154 Å². The summed E-state index contributed by atoms with van der Waals surface area (Å²) in [4.78, 5) is 0. The summed E-state index contributed by atoms with van der Waals surface area (Å²) in [7, 11) is 0. The summed E-state index contributed by atoms with van der Waals surface area (Å²) < 4.78 is 0. The van der Waals surface area contributed by atoms with Gasteiger partial charge in [-0.25, -0.2) is 0 Å². The number of hydrogen-bond donors (Lipinski definition) is 0. The number of allylic oxidation sites excluding steroid dienone is 26. The fourth-order valence-electron chi connectivity index (χ4n) is 4.24. The van der Waals surface area contributed by atoms with Gasteiger partial charge < -0.3 is 0 Å². The molecule has 0 heterocycles. The van der Waals surface area contributed by atoms with Crippen LogP contribution in [0.2, 0.25) is 0 Å². The Hall–Kier alpha value is -3.38. The fourth-order valence-corrected chi connectivity index (χ4v) is 4.24. The molecule has 1 aliphatic rings. The topological polar surface area (TPSA) is 0 Å². The third-order valence-electron chi connectivity index (χ3n) is 6.84. The third kappa shape index (κ3) is 15.9. The van der Waals surface area contributed by atoms with Crippen molar-refractivity contribution in [2.75, 3.05) is 0 Å². The smallest absolute Gasteiger partial charge is 0.00981 e. The summed E-state index contributed by atoms with van der Waals surface area (Å²) >= 11 is 0. The van der Waals surface area contributed by atoms with Crippen LogP contribution in [0.15, 0.2) is 154 Å². The molecule has 0 fully saturated rings. The summed E-state index contributed by atoms with van der Waals surface area (Å²) in [5.41, 5.74) is 10.7. The first-order valence-corrected chi connectivity index (χ1v) is 14.7. The van der Waals surface area contributed by atoms with Gasteiger partial charge >= 0.3 is 0 Å². The van der Waals surface area contributed by atoms with Crippen molar-refractivity contribution >= 4 is 0 Å². The molecule has 1 rings (SSSR count). The highest BCUT2D eigenvalue weighted by Gasteiger charge is 2.26. The predicted molar refractivity (Wildman–Crippen MR) is 183 cm³/mol. The van der Waals surface area contributed by atoms with Crippen molar-refractivity contribution < 1.29 is 0 Å². The standard InChI is InChI=1S/C40H54/c1-32(2)18-13-21-35(5)24-15-26-36(6)25-14-22-33(3)19-11-12-20-34(4)23-16-27-37(7)29-30-39-38(8)28-17-31-40(39,9)10/h11-12,14-16,18-30H,13,17,31H2,1-10H3/b19-11+,20-12+,24-15+,25-14+,27-16+,33-22+,34-23+,35-21+,36-26+,37-29+,39-30-. The van der Waals surface area contributed by atoms with Crippen molar-refractivity contribution in [1.82, 2.24) is 0 Å². The highest BCUT2D eigenvalue weighted by atomic mass is 14.3. The minimum atomic E-state index is 0.258. The van der Waals surface area contributed by atoms with Gasteiger partial charge in [-0.1, -0.05) is 162 Å². The van der Waals surface area contributed by atoms with E-state index < -0.39 is 0 Å². The molecule has 0 unspecified atom stereocenters. The van der Waals surface area contributed by atoms with Gasteiger partial charge in [0.15, 0.2) is 0 Å². The molecule has 0 aromatic rings. The zero-order chi connectivity index (χ0) is 30.0. The molecule has 1 aliphatic carbocycles. The molecule has 0 amide bonds. The fraction of sp³-hybridized carbons (Fsp3) is 0.350. The van der Waals surface area contributed by atoms with Gasteiger partial charge in [0.25, 0.3) is 0 Å². The lowest BCUT2D eigenvalue weighted by Gasteiger charge is -2.32. The van der Waals surface area contributed by atoms with E-state index in [2.05, 4.69) is 179 Å². The van der Waals surface area contributed by atoms with Crippen LogP contribution in [-0.4, -0.2) is 0 Å². The van der Waals surface area contributed by atoms with Crippen molar-refractivity contribution in [2.24, 2.45) is 5.41 Å². The summed E-state index contributed by atoms with van der Waals surface area (Å²) in [6.45, 7) is 21.9. The Balaban J connectivity index is 2.60. The van der Waals surface area contributed by atoms with Crippen LogP contribution in [0, 0.1) is 5.41 Å². The van der Waals surface area contributed by atoms with Gasteiger partial charge in [0.2, 0.25) is 0 Å². The maximum atomic E-state index is 2.36. The number of rotatable bonds is 12. The molecule has 0 saturated carbocycles. The Bertz CT molecular complexity index is 1220. The molecular formula is C40H54. The highest BCUT2D eigenvalue weighted by Crippen LogP contribution is 2.40. The van der Waals surface area contributed by atoms with E-state index in [0.717, 1.165) is 6.42 Å². The van der Waals surface area contributed by atoms with Crippen LogP contribution in [0.4, 0.5) is 0 Å². The van der Waals surface area contributed by atoms with E-state index in [1.54, 1.807) is 0 Å². The SMILES string of the molecule is CC(C)=CC/C=C(C)/C=C/C=C(C)/C=C/C=C(C)/C=C/C=C/C(C)=C/C=C/C(C)=C/C=C1/C(C)=CCCC1(C)C. The van der Waals surface area contributed by atoms with Crippen molar-refractivity contribution in [3.63, 3.8) is 0 Å². The molecule has 0 spiro atoms. The van der Waals surface area contributed by atoms with Gasteiger partial charge in [-0.15, -0.1) is 0 Å². The molecule has 0 heteroatoms. The molecule has 0 radical (unpaired) electrons. The lowest BCUT2D eigenvalue weighted by molar-refractivity contribution is 0.404. The Kier molecular flexibility index (Phi) is 16.3. The van der Waals surface area contributed by atoms with E-state index >= 15 is 0 Å². The normalized spacial score (nSPS) is 19.3. The first-order valence-electron chi connectivity index (χ1n) is 14.7. The summed E-state index contributed by atoms with van der Waals surface area (Å²) in [5, 5.41) is 0. The lowest BCUT2D eigenvalue weighted by atomic mass is 9.73. The average Bonchev–Trinajstić information content (AvgIpc) is 2.85. The molecule has 0 nitrogen and oxygen atoms in total. The largest absolute Gasteiger partial charge is 0.0821 e. The van der Waals surface area contributed by atoms with Crippen LogP contribution in [0.3, 0.4) is 0 Å². The van der Waals surface area contributed by atoms with Gasteiger partial charge in [0, 0.05) is 0 Å². The van der Waals surface area contributed by atoms with E-state index in [9.17, 15) is 0 Å². The second kappa shape index (κ2) is 18.8. The molecule has 0 aromatic heterocycles. The van der Waals surface area contributed by atoms with E-state index in [1.807, 2.05) is 0 Å². The Morgan fingerprint density at radius 3 is 1.55 bits per heavy atom. The first kappa shape index (κ1) is 34.6. The van der Waals surface area contributed by atoms with Gasteiger partial charge in [-0.05, 0) is 85.6 Å². The van der Waals surface area contributed by atoms with Crippen LogP contribution in [-0.2, 0) is 0 Å². The maximum absolute atomic E-state index is 2.36. The van der Waals surface area contributed by atoms with Crippen LogP contribution >= 0.6 is 0 Å². The summed E-state index contributed by atoms with van der Waals surface area (Å²) in [5.74, 6) is 0. The lowest BCUT2D eigenvalue weighted by Crippen LogP contribution is -2.18. The van der Waals surface area contributed by atoms with Gasteiger partial charge in [-0.2, -0.15) is 0 Å². The Morgan fingerprint density at radius 2 is 1.07 bits per heavy atom. The monoisotopic (exact) mass is 534 g/mol. The second-order valence-corrected chi connectivity index (χ2v) is 11.8. The first-order chi connectivity index (χ1) is 18.9. The molecule has 0 bridgehead atoms. The zero-order valence-corrected chi connectivity index (χ0v) is 27.0. The van der Waals surface area contributed by atoms with E-state index in [4.69, 9.17) is 0 Å². The molecule has 0 saturated heterocycles. The second-order valence-electron chi connectivity index (χ2n) is 11.8. The zero-order valence-electron chi connectivity index (χ0n) is 27.0. The van der Waals surface area contributed by atoms with Crippen LogP contribution in [0.5, 0.6) is 0 Å². The number of hydrogen-bond acceptors (Lipinski definition) is 0. The van der Waals surface area contributed by atoms with Gasteiger partial charge in [0.05, 0.1) is 0 Å². The third-order valence-corrected chi connectivity index (χ3v) is 6.84. The maximum Gasteiger partial charge on any atom is -0.00981 e. The molecular weight excluding hydrogens is 480 g/mol. The van der Waals surface area contributed by atoms with Crippen molar-refractivity contribution in [2.45, 2.75) is 88.5 Å². The van der Waals surface area contributed by atoms with E-state index in [-0.39, 0.29) is 5.41 Å². The molecule has 40 heavy (non-hydrogen) atoms. The van der Waals surface area contributed by atoms with E-state index in [0.29, 0.717) is 0 Å². The highest BCUT2D eigenvalue weighted by molar-refractivity contribution is 5.41. The summed E-state index contributed by atoms with van der Waals surface area (Å²) in [6, 6.07) is 0. The van der Waals surface area contributed by atoms with Crippen molar-refractivity contribution in [1.29, 1.82) is 0 Å². The Morgan fingerprint density at radius 1 is 0.625 bits per heavy atom. The van der Waals surface area contributed by atoms with E-state index in [1.165, 1.54) is 57.4 Å². The molecule has 0 aromatic carbocycles. The minimum Gasteiger partial charge on any atom is -0.0821 e. The Labute approximate surface area is 247 Å². The summed E-state index contributed by atoms with van der Waals surface area (Å²) in [6.07, 6.45) is 42.5. The van der Waals surface area contributed by atoms with Crippen LogP contribution < -0.4 is 0 Å². The van der Waals surface area contributed by atoms with Crippen molar-refractivity contribution in [3.8, 4) is 0 Å². The molecule has 214 valence electrons.